The summed E-state index contributed by atoms with van der Waals surface area (Å²) in [7, 11) is 1.68. The molecule has 0 aromatic heterocycles. The Labute approximate surface area is 117 Å². The zero-order valence-electron chi connectivity index (χ0n) is 11.4. The molecule has 2 amide bonds. The van der Waals surface area contributed by atoms with Crippen molar-refractivity contribution in [3.05, 3.63) is 35.9 Å². The average Bonchev–Trinajstić information content (AvgIpc) is 2.62. The molecule has 1 aliphatic rings. The van der Waals surface area contributed by atoms with Crippen molar-refractivity contribution >= 4 is 12.0 Å². The minimum atomic E-state index is -0.689. The van der Waals surface area contributed by atoms with Crippen molar-refractivity contribution in [2.24, 2.45) is 0 Å². The van der Waals surface area contributed by atoms with Gasteiger partial charge < -0.3 is 19.7 Å². The third-order valence-electron chi connectivity index (χ3n) is 3.03. The summed E-state index contributed by atoms with van der Waals surface area (Å²) >= 11 is 0. The lowest BCUT2D eigenvalue weighted by atomic mass is 10.2. The number of likely N-dealkylation sites (N-methyl/N-ethyl adjacent to an activating group) is 1. The molecule has 1 fully saturated rings. The molecule has 1 atom stereocenters. The second kappa shape index (κ2) is 6.91. The van der Waals surface area contributed by atoms with Crippen LogP contribution in [-0.2, 0) is 20.9 Å². The molecule has 1 aromatic carbocycles. The van der Waals surface area contributed by atoms with Gasteiger partial charge >= 0.3 is 6.09 Å². The van der Waals surface area contributed by atoms with Gasteiger partial charge in [0.1, 0.15) is 12.6 Å². The Hall–Kier alpha value is -2.08. The molecular formula is C14H18N2O4. The van der Waals surface area contributed by atoms with E-state index in [0.717, 1.165) is 5.56 Å². The topological polar surface area (TPSA) is 67.9 Å². The van der Waals surface area contributed by atoms with Crippen LogP contribution >= 0.6 is 0 Å². The van der Waals surface area contributed by atoms with E-state index in [1.165, 1.54) is 4.90 Å². The van der Waals surface area contributed by atoms with Gasteiger partial charge in [0.05, 0.1) is 13.2 Å². The van der Waals surface area contributed by atoms with Crippen LogP contribution in [0.1, 0.15) is 5.56 Å². The normalized spacial score (nSPS) is 19.4. The Balaban J connectivity index is 1.83. The largest absolute Gasteiger partial charge is 0.445 e. The minimum absolute atomic E-state index is 0.167. The molecule has 108 valence electrons. The number of benzene rings is 1. The van der Waals surface area contributed by atoms with Gasteiger partial charge in [0.25, 0.3) is 0 Å². The van der Waals surface area contributed by atoms with Crippen molar-refractivity contribution in [1.82, 2.24) is 10.2 Å². The lowest BCUT2D eigenvalue weighted by Gasteiger charge is -2.19. The Kier molecular flexibility index (Phi) is 4.95. The minimum Gasteiger partial charge on any atom is -0.445 e. The molecule has 0 unspecified atom stereocenters. The SMILES string of the molecule is CN1CCOC[C@H](NC(=O)OCc2ccccc2)C1=O. The van der Waals surface area contributed by atoms with Gasteiger partial charge in [-0.3, -0.25) is 4.79 Å². The summed E-state index contributed by atoms with van der Waals surface area (Å²) in [4.78, 5) is 25.2. The summed E-state index contributed by atoms with van der Waals surface area (Å²) in [6, 6.07) is 8.66. The highest BCUT2D eigenvalue weighted by Gasteiger charge is 2.27. The summed E-state index contributed by atoms with van der Waals surface area (Å²) in [5, 5.41) is 2.53. The molecule has 1 N–H and O–H groups in total. The number of hydrogen-bond donors (Lipinski definition) is 1. The van der Waals surface area contributed by atoms with Crippen molar-refractivity contribution in [2.45, 2.75) is 12.6 Å². The summed E-state index contributed by atoms with van der Waals surface area (Å²) in [5.74, 6) is -0.167. The van der Waals surface area contributed by atoms with Crippen molar-refractivity contribution in [3.63, 3.8) is 0 Å². The average molecular weight is 278 g/mol. The standard InChI is InChI=1S/C14H18N2O4/c1-16-7-8-19-10-12(13(16)17)15-14(18)20-9-11-5-3-2-4-6-11/h2-6,12H,7-10H2,1H3,(H,15,18)/t12-/m0/s1. The van der Waals surface area contributed by atoms with E-state index in [1.807, 2.05) is 30.3 Å². The van der Waals surface area contributed by atoms with E-state index < -0.39 is 12.1 Å². The van der Waals surface area contributed by atoms with Gasteiger partial charge in [-0.25, -0.2) is 4.79 Å². The molecular weight excluding hydrogens is 260 g/mol. The summed E-state index contributed by atoms with van der Waals surface area (Å²) < 4.78 is 10.4. The van der Waals surface area contributed by atoms with Gasteiger partial charge in [-0.15, -0.1) is 0 Å². The second-order valence-corrected chi connectivity index (χ2v) is 4.59. The fourth-order valence-corrected chi connectivity index (χ4v) is 1.86. The van der Waals surface area contributed by atoms with E-state index >= 15 is 0 Å². The summed E-state index contributed by atoms with van der Waals surface area (Å²) in [6.07, 6.45) is -0.619. The highest BCUT2D eigenvalue weighted by atomic mass is 16.5. The Morgan fingerprint density at radius 1 is 1.45 bits per heavy atom. The van der Waals surface area contributed by atoms with Gasteiger partial charge in [-0.05, 0) is 5.56 Å². The van der Waals surface area contributed by atoms with Crippen LogP contribution in [0.25, 0.3) is 0 Å². The first-order valence-electron chi connectivity index (χ1n) is 6.47. The van der Waals surface area contributed by atoms with Gasteiger partial charge in [-0.2, -0.15) is 0 Å². The zero-order chi connectivity index (χ0) is 14.4. The monoisotopic (exact) mass is 278 g/mol. The van der Waals surface area contributed by atoms with Crippen LogP contribution in [0.15, 0.2) is 30.3 Å². The predicted octanol–water partition coefficient (Wildman–Crippen LogP) is 0.770. The van der Waals surface area contributed by atoms with Crippen LogP contribution in [0.5, 0.6) is 0 Å². The number of ether oxygens (including phenoxy) is 2. The first-order chi connectivity index (χ1) is 9.66. The van der Waals surface area contributed by atoms with E-state index in [1.54, 1.807) is 7.05 Å². The zero-order valence-corrected chi connectivity index (χ0v) is 11.4. The molecule has 6 heteroatoms. The number of rotatable bonds is 3. The van der Waals surface area contributed by atoms with Crippen LogP contribution in [0.2, 0.25) is 0 Å². The lowest BCUT2D eigenvalue weighted by Crippen LogP contribution is -2.48. The van der Waals surface area contributed by atoms with Crippen molar-refractivity contribution in [1.29, 1.82) is 0 Å². The molecule has 20 heavy (non-hydrogen) atoms. The fraction of sp³-hybridized carbons (Fsp3) is 0.429. The number of alkyl carbamates (subject to hydrolysis) is 1. The number of carbonyl (C=O) groups is 2. The first kappa shape index (κ1) is 14.3. The van der Waals surface area contributed by atoms with Gasteiger partial charge in [0.15, 0.2) is 0 Å². The van der Waals surface area contributed by atoms with Crippen LogP contribution in [0.3, 0.4) is 0 Å². The van der Waals surface area contributed by atoms with E-state index in [4.69, 9.17) is 9.47 Å². The van der Waals surface area contributed by atoms with E-state index in [9.17, 15) is 9.59 Å². The molecule has 1 heterocycles. The molecule has 1 aromatic rings. The molecule has 2 rings (SSSR count). The Morgan fingerprint density at radius 2 is 2.20 bits per heavy atom. The third-order valence-corrected chi connectivity index (χ3v) is 3.03. The quantitative estimate of drug-likeness (QED) is 0.887. The maximum absolute atomic E-state index is 11.9. The lowest BCUT2D eigenvalue weighted by molar-refractivity contribution is -0.131. The van der Waals surface area contributed by atoms with Gasteiger partial charge in [0.2, 0.25) is 5.91 Å². The van der Waals surface area contributed by atoms with Crippen molar-refractivity contribution in [3.8, 4) is 0 Å². The smallest absolute Gasteiger partial charge is 0.408 e. The second-order valence-electron chi connectivity index (χ2n) is 4.59. The molecule has 1 saturated heterocycles. The van der Waals surface area contributed by atoms with Gasteiger partial charge in [-0.1, -0.05) is 30.3 Å². The molecule has 1 aliphatic heterocycles. The van der Waals surface area contributed by atoms with Crippen LogP contribution in [0.4, 0.5) is 4.79 Å². The maximum atomic E-state index is 11.9. The molecule has 6 nitrogen and oxygen atoms in total. The first-order valence-corrected chi connectivity index (χ1v) is 6.47. The molecule has 0 bridgehead atoms. The van der Waals surface area contributed by atoms with E-state index in [-0.39, 0.29) is 19.1 Å². The Bertz CT molecular complexity index is 464. The molecule has 0 spiro atoms. The number of amides is 2. The number of carbonyl (C=O) groups excluding carboxylic acids is 2. The van der Waals surface area contributed by atoms with Crippen LogP contribution in [-0.4, -0.2) is 49.7 Å². The molecule has 0 aliphatic carbocycles. The summed E-state index contributed by atoms with van der Waals surface area (Å²) in [6.45, 7) is 1.34. The highest BCUT2D eigenvalue weighted by molar-refractivity contribution is 5.85. The maximum Gasteiger partial charge on any atom is 0.408 e. The Morgan fingerprint density at radius 3 is 2.95 bits per heavy atom. The predicted molar refractivity (Wildman–Crippen MR) is 72.0 cm³/mol. The molecule has 0 radical (unpaired) electrons. The van der Waals surface area contributed by atoms with Crippen LogP contribution in [0, 0.1) is 0 Å². The van der Waals surface area contributed by atoms with Crippen molar-refractivity contribution < 1.29 is 19.1 Å². The third kappa shape index (κ3) is 3.96. The molecule has 0 saturated carbocycles. The van der Waals surface area contributed by atoms with E-state index in [2.05, 4.69) is 5.32 Å². The van der Waals surface area contributed by atoms with Crippen LogP contribution < -0.4 is 5.32 Å². The fourth-order valence-electron chi connectivity index (χ4n) is 1.86. The highest BCUT2D eigenvalue weighted by Crippen LogP contribution is 2.03. The summed E-state index contributed by atoms with van der Waals surface area (Å²) in [5.41, 5.74) is 0.892. The van der Waals surface area contributed by atoms with E-state index in [0.29, 0.717) is 13.2 Å². The number of nitrogens with one attached hydrogen (secondary N) is 1. The van der Waals surface area contributed by atoms with Gasteiger partial charge in [0, 0.05) is 13.6 Å². The number of hydrogen-bond acceptors (Lipinski definition) is 4. The number of nitrogens with zero attached hydrogens (tertiary/aromatic N) is 1. The van der Waals surface area contributed by atoms with Crippen molar-refractivity contribution in [2.75, 3.05) is 26.8 Å².